The van der Waals surface area contributed by atoms with Gasteiger partial charge < -0.3 is 6.53 Å². The molecule has 0 bridgehead atoms. The zero-order valence-electron chi connectivity index (χ0n) is 3.43. The molecule has 0 aromatic heterocycles. The van der Waals surface area contributed by atoms with Gasteiger partial charge in [0.2, 0.25) is 0 Å². The molecule has 0 aliphatic heterocycles. The molecule has 0 saturated heterocycles. The van der Waals surface area contributed by atoms with Crippen LogP contribution >= 0.6 is 0 Å². The van der Waals surface area contributed by atoms with Crippen molar-refractivity contribution in [3.05, 3.63) is 0 Å². The SMILES string of the molecule is O=CO.[H-].[K+]. The maximum absolute atomic E-state index is 8.36. The number of carboxylic acid groups (broad SMARTS) is 1. The Morgan fingerprint density at radius 1 is 2.00 bits per heavy atom. The van der Waals surface area contributed by atoms with Gasteiger partial charge in [-0.2, -0.15) is 0 Å². The summed E-state index contributed by atoms with van der Waals surface area (Å²) < 4.78 is 0. The first-order valence-corrected chi connectivity index (χ1v) is 0.494. The van der Waals surface area contributed by atoms with E-state index in [4.69, 9.17) is 9.90 Å². The Morgan fingerprint density at radius 2 is 2.00 bits per heavy atom. The summed E-state index contributed by atoms with van der Waals surface area (Å²) in [5, 5.41) is 6.89. The van der Waals surface area contributed by atoms with Gasteiger partial charge in [0.25, 0.3) is 6.47 Å². The van der Waals surface area contributed by atoms with Crippen LogP contribution in [0.3, 0.4) is 0 Å². The van der Waals surface area contributed by atoms with Gasteiger partial charge in [-0.3, -0.25) is 4.79 Å². The number of carbonyl (C=O) groups is 1. The molecule has 0 rings (SSSR count). The van der Waals surface area contributed by atoms with Gasteiger partial charge in [0.1, 0.15) is 0 Å². The fourth-order valence-corrected chi connectivity index (χ4v) is 0. The summed E-state index contributed by atoms with van der Waals surface area (Å²) >= 11 is 0. The first kappa shape index (κ1) is 8.92. The van der Waals surface area contributed by atoms with Crippen molar-refractivity contribution in [1.29, 1.82) is 0 Å². The Balaban J connectivity index is -0.0000000200. The van der Waals surface area contributed by atoms with E-state index < -0.39 is 0 Å². The van der Waals surface area contributed by atoms with E-state index in [1.807, 2.05) is 0 Å². The van der Waals surface area contributed by atoms with Crippen molar-refractivity contribution in [2.24, 2.45) is 0 Å². The summed E-state index contributed by atoms with van der Waals surface area (Å²) in [6.45, 7) is -0.250. The van der Waals surface area contributed by atoms with E-state index in [1.54, 1.807) is 0 Å². The van der Waals surface area contributed by atoms with Crippen molar-refractivity contribution >= 4 is 6.47 Å². The second-order valence-corrected chi connectivity index (χ2v) is 0.105. The summed E-state index contributed by atoms with van der Waals surface area (Å²) in [7, 11) is 0. The van der Waals surface area contributed by atoms with Gasteiger partial charge in [-0.05, 0) is 0 Å². The van der Waals surface area contributed by atoms with Crippen LogP contribution in [0.4, 0.5) is 0 Å². The van der Waals surface area contributed by atoms with Crippen molar-refractivity contribution in [1.82, 2.24) is 0 Å². The van der Waals surface area contributed by atoms with Crippen molar-refractivity contribution < 1.29 is 62.7 Å². The summed E-state index contributed by atoms with van der Waals surface area (Å²) in [6, 6.07) is 0. The van der Waals surface area contributed by atoms with Gasteiger partial charge in [0, 0.05) is 0 Å². The van der Waals surface area contributed by atoms with Crippen molar-refractivity contribution in [3.8, 4) is 0 Å². The first-order valence-electron chi connectivity index (χ1n) is 0.494. The van der Waals surface area contributed by atoms with Crippen molar-refractivity contribution in [2.45, 2.75) is 0 Å². The van der Waals surface area contributed by atoms with Gasteiger partial charge in [-0.25, -0.2) is 0 Å². The summed E-state index contributed by atoms with van der Waals surface area (Å²) in [6.07, 6.45) is 0. The average molecular weight is 86.1 g/mol. The monoisotopic (exact) mass is 86.0 g/mol. The normalized spacial score (nSPS) is 3.00. The van der Waals surface area contributed by atoms with Gasteiger partial charge >= 0.3 is 51.4 Å². The van der Waals surface area contributed by atoms with Crippen LogP contribution in [0.5, 0.6) is 0 Å². The van der Waals surface area contributed by atoms with Crippen LogP contribution in [0, 0.1) is 0 Å². The third-order valence-corrected chi connectivity index (χ3v) is 0. The third-order valence-electron chi connectivity index (χ3n) is 0. The fourth-order valence-electron chi connectivity index (χ4n) is 0. The number of hydrogen-bond acceptors (Lipinski definition) is 1. The molecule has 0 radical (unpaired) electrons. The molecule has 3 heteroatoms. The Bertz CT molecular complexity index is 17.1. The number of hydrogen-bond donors (Lipinski definition) is 1. The van der Waals surface area contributed by atoms with Gasteiger partial charge in [0.05, 0.1) is 0 Å². The second kappa shape index (κ2) is 8.93. The molecule has 0 aliphatic carbocycles. The summed E-state index contributed by atoms with van der Waals surface area (Å²) in [5.41, 5.74) is 0. The Kier molecular flexibility index (Phi) is 19.9. The molecule has 0 atom stereocenters. The molecule has 1 N–H and O–H groups in total. The van der Waals surface area contributed by atoms with E-state index in [0.717, 1.165) is 0 Å². The Labute approximate surface area is 68.1 Å². The van der Waals surface area contributed by atoms with Crippen LogP contribution in [-0.4, -0.2) is 11.6 Å². The predicted octanol–water partition coefficient (Wildman–Crippen LogP) is -3.18. The molecule has 0 saturated carbocycles. The maximum atomic E-state index is 8.36. The minimum absolute atomic E-state index is 0. The fraction of sp³-hybridized carbons (Fsp3) is 0. The molecular weight excluding hydrogens is 83.1 g/mol. The van der Waals surface area contributed by atoms with E-state index in [-0.39, 0.29) is 59.3 Å². The first-order chi connectivity index (χ1) is 1.41. The zero-order valence-corrected chi connectivity index (χ0v) is 5.56. The topological polar surface area (TPSA) is 37.3 Å². The molecular formula is CH3KO2. The van der Waals surface area contributed by atoms with E-state index in [2.05, 4.69) is 0 Å². The van der Waals surface area contributed by atoms with Crippen LogP contribution in [-0.2, 0) is 4.79 Å². The molecule has 0 heterocycles. The predicted molar refractivity (Wildman–Crippen MR) is 9.80 cm³/mol. The summed E-state index contributed by atoms with van der Waals surface area (Å²) in [5.74, 6) is 0. The Hall–Kier alpha value is 1.11. The standard InChI is InChI=1S/CH2O2.K.H/c2-1-3;;/h1H,(H,2,3);;/q;+1;-1. The molecule has 0 amide bonds. The minimum atomic E-state index is -0.250. The van der Waals surface area contributed by atoms with Gasteiger partial charge in [0.15, 0.2) is 0 Å². The Morgan fingerprint density at radius 3 is 2.00 bits per heavy atom. The molecule has 4 heavy (non-hydrogen) atoms. The van der Waals surface area contributed by atoms with Gasteiger partial charge in [-0.15, -0.1) is 0 Å². The summed E-state index contributed by atoms with van der Waals surface area (Å²) in [4.78, 5) is 8.36. The van der Waals surface area contributed by atoms with Crippen LogP contribution in [0.1, 0.15) is 1.43 Å². The molecule has 0 unspecified atom stereocenters. The molecule has 20 valence electrons. The van der Waals surface area contributed by atoms with Gasteiger partial charge in [-0.1, -0.05) is 0 Å². The minimum Gasteiger partial charge on any atom is -1.00 e. The molecule has 0 fully saturated rings. The molecule has 0 spiro atoms. The largest absolute Gasteiger partial charge is 1.00 e. The molecule has 0 aromatic rings. The van der Waals surface area contributed by atoms with E-state index in [0.29, 0.717) is 0 Å². The smallest absolute Gasteiger partial charge is 1.00 e. The number of rotatable bonds is 0. The van der Waals surface area contributed by atoms with Crippen LogP contribution < -0.4 is 51.4 Å². The maximum Gasteiger partial charge on any atom is 1.00 e. The van der Waals surface area contributed by atoms with Crippen LogP contribution in [0.15, 0.2) is 0 Å². The molecule has 0 aromatic carbocycles. The van der Waals surface area contributed by atoms with Crippen molar-refractivity contribution in [3.63, 3.8) is 0 Å². The quantitative estimate of drug-likeness (QED) is 0.249. The van der Waals surface area contributed by atoms with E-state index in [9.17, 15) is 0 Å². The average Bonchev–Trinajstić information content (AvgIpc) is 0.918. The van der Waals surface area contributed by atoms with Crippen LogP contribution in [0.25, 0.3) is 0 Å². The zero-order chi connectivity index (χ0) is 2.71. The molecule has 2 nitrogen and oxygen atoms in total. The molecule has 0 aliphatic rings. The van der Waals surface area contributed by atoms with E-state index in [1.165, 1.54) is 0 Å². The van der Waals surface area contributed by atoms with Crippen LogP contribution in [0.2, 0.25) is 0 Å². The van der Waals surface area contributed by atoms with Crippen molar-refractivity contribution in [2.75, 3.05) is 0 Å². The third kappa shape index (κ3) is 11.3. The van der Waals surface area contributed by atoms with E-state index >= 15 is 0 Å². The second-order valence-electron chi connectivity index (χ2n) is 0.105.